The number of nitrogens with zero attached hydrogens (tertiary/aromatic N) is 1. The summed E-state index contributed by atoms with van der Waals surface area (Å²) < 4.78 is 13.5. The average Bonchev–Trinajstić information content (AvgIpc) is 3.10. The summed E-state index contributed by atoms with van der Waals surface area (Å²) in [6.07, 6.45) is 3.62. The predicted octanol–water partition coefficient (Wildman–Crippen LogP) is 5.60. The molecule has 0 bridgehead atoms. The maximum Gasteiger partial charge on any atom is 0.328 e. The quantitative estimate of drug-likeness (QED) is 0.511. The number of carboxylic acid groups (broad SMARTS) is 1. The number of carboxylic acids is 1. The lowest BCUT2D eigenvalue weighted by Crippen LogP contribution is -2.53. The smallest absolute Gasteiger partial charge is 0.328 e. The van der Waals surface area contributed by atoms with Crippen molar-refractivity contribution in [1.29, 1.82) is 0 Å². The van der Waals surface area contributed by atoms with Crippen molar-refractivity contribution in [3.05, 3.63) is 77.0 Å². The molecule has 0 saturated heterocycles. The molecule has 4 nitrogen and oxygen atoms in total. The first-order valence-electron chi connectivity index (χ1n) is 10.7. The third-order valence-corrected chi connectivity index (χ3v) is 6.26. The van der Waals surface area contributed by atoms with Crippen molar-refractivity contribution in [3.8, 4) is 0 Å². The van der Waals surface area contributed by atoms with Gasteiger partial charge in [-0.2, -0.15) is 0 Å². The lowest BCUT2D eigenvalue weighted by atomic mass is 9.80. The number of para-hydroxylation sites is 1. The van der Waals surface area contributed by atoms with Gasteiger partial charge in [0.05, 0.1) is 12.7 Å². The number of aliphatic carboxylic acids is 1. The molecule has 0 spiro atoms. The van der Waals surface area contributed by atoms with E-state index < -0.39 is 5.97 Å². The fraction of sp³-hybridized carbons (Fsp3) is 0.346. The zero-order valence-electron chi connectivity index (χ0n) is 18.2. The van der Waals surface area contributed by atoms with Crippen LogP contribution in [0, 0.1) is 5.92 Å². The Bertz CT molecular complexity index is 1110. The second kappa shape index (κ2) is 8.31. The van der Waals surface area contributed by atoms with Crippen LogP contribution in [0.25, 0.3) is 17.0 Å². The van der Waals surface area contributed by atoms with Crippen LogP contribution in [0.3, 0.4) is 0 Å². The van der Waals surface area contributed by atoms with Crippen LogP contribution in [0.2, 0.25) is 0 Å². The first-order valence-corrected chi connectivity index (χ1v) is 10.7. The number of alkyl halides is 1. The van der Waals surface area contributed by atoms with Gasteiger partial charge in [0.25, 0.3) is 0 Å². The molecule has 5 heteroatoms. The number of hydrogen-bond donors (Lipinski definition) is 2. The average molecular weight is 421 g/mol. The van der Waals surface area contributed by atoms with Crippen molar-refractivity contribution in [3.63, 3.8) is 0 Å². The normalized spacial score (nSPS) is 19.5. The highest BCUT2D eigenvalue weighted by atomic mass is 19.1. The summed E-state index contributed by atoms with van der Waals surface area (Å²) in [5.74, 6) is -1.03. The summed E-state index contributed by atoms with van der Waals surface area (Å²) in [5, 5.41) is 10.1. The Kier molecular flexibility index (Phi) is 5.71. The van der Waals surface area contributed by atoms with Crippen molar-refractivity contribution >= 4 is 22.9 Å². The maximum atomic E-state index is 13.5. The van der Waals surface area contributed by atoms with Gasteiger partial charge >= 0.3 is 5.97 Å². The van der Waals surface area contributed by atoms with Crippen LogP contribution in [0.15, 0.2) is 54.6 Å². The van der Waals surface area contributed by atoms with E-state index in [9.17, 15) is 9.18 Å². The van der Waals surface area contributed by atoms with E-state index in [1.54, 1.807) is 6.08 Å². The van der Waals surface area contributed by atoms with Gasteiger partial charge in [0, 0.05) is 34.8 Å². The summed E-state index contributed by atoms with van der Waals surface area (Å²) in [4.78, 5) is 16.9. The van der Waals surface area contributed by atoms with Gasteiger partial charge in [-0.3, -0.25) is 9.29 Å². The van der Waals surface area contributed by atoms with Crippen LogP contribution in [-0.4, -0.2) is 39.7 Å². The van der Waals surface area contributed by atoms with Gasteiger partial charge in [-0.25, -0.2) is 4.79 Å². The fourth-order valence-corrected chi connectivity index (χ4v) is 4.72. The van der Waals surface area contributed by atoms with Gasteiger partial charge < -0.3 is 10.1 Å². The van der Waals surface area contributed by atoms with Crippen LogP contribution in [0.4, 0.5) is 4.39 Å². The summed E-state index contributed by atoms with van der Waals surface area (Å²) >= 11 is 0. The van der Waals surface area contributed by atoms with E-state index in [0.717, 1.165) is 29.1 Å². The molecule has 1 aliphatic rings. The molecule has 4 rings (SSSR count). The molecule has 1 aliphatic heterocycles. The Morgan fingerprint density at radius 2 is 1.97 bits per heavy atom. The Balaban J connectivity index is 1.83. The van der Waals surface area contributed by atoms with E-state index in [0.29, 0.717) is 6.54 Å². The second-order valence-electron chi connectivity index (χ2n) is 9.20. The molecule has 0 aliphatic carbocycles. The molecule has 0 fully saturated rings. The highest BCUT2D eigenvalue weighted by Crippen LogP contribution is 2.45. The van der Waals surface area contributed by atoms with Gasteiger partial charge in [0.2, 0.25) is 0 Å². The number of fused-ring (bicyclic) bond motifs is 3. The SMILES string of the molecule is C[C@H](CF)CN1C(c2ccc(/C=C/C(=O)O)cc2)c2[nH]c3ccccc3c2CC1(C)C. The predicted molar refractivity (Wildman–Crippen MR) is 123 cm³/mol. The molecule has 2 N–H and O–H groups in total. The molecule has 2 atom stereocenters. The highest BCUT2D eigenvalue weighted by Gasteiger charge is 2.42. The Hall–Kier alpha value is -2.92. The zero-order valence-corrected chi connectivity index (χ0v) is 18.2. The molecule has 31 heavy (non-hydrogen) atoms. The van der Waals surface area contributed by atoms with Crippen molar-refractivity contribution in [2.24, 2.45) is 5.92 Å². The molecule has 1 unspecified atom stereocenters. The molecule has 2 heterocycles. The third-order valence-electron chi connectivity index (χ3n) is 6.26. The number of aromatic nitrogens is 1. The molecule has 3 aromatic rings. The molecule has 0 amide bonds. The first-order chi connectivity index (χ1) is 14.8. The largest absolute Gasteiger partial charge is 0.478 e. The number of halogens is 1. The number of rotatable bonds is 6. The molecular formula is C26H29FN2O2. The van der Waals surface area contributed by atoms with E-state index in [4.69, 9.17) is 5.11 Å². The topological polar surface area (TPSA) is 56.3 Å². The first kappa shape index (κ1) is 21.3. The Morgan fingerprint density at radius 3 is 2.65 bits per heavy atom. The van der Waals surface area contributed by atoms with Gasteiger partial charge in [-0.1, -0.05) is 49.4 Å². The van der Waals surface area contributed by atoms with E-state index >= 15 is 0 Å². The van der Waals surface area contributed by atoms with Crippen LogP contribution < -0.4 is 0 Å². The number of benzene rings is 2. The van der Waals surface area contributed by atoms with E-state index in [1.165, 1.54) is 16.6 Å². The summed E-state index contributed by atoms with van der Waals surface area (Å²) in [6, 6.07) is 16.3. The number of nitrogens with one attached hydrogen (secondary N) is 1. The van der Waals surface area contributed by atoms with Crippen molar-refractivity contribution < 1.29 is 14.3 Å². The number of H-pyrrole nitrogens is 1. The van der Waals surface area contributed by atoms with Crippen molar-refractivity contribution in [2.75, 3.05) is 13.2 Å². The Labute approximate surface area is 182 Å². The molecule has 0 saturated carbocycles. The molecule has 1 aromatic heterocycles. The van der Waals surface area contributed by atoms with E-state index in [1.807, 2.05) is 25.1 Å². The third kappa shape index (κ3) is 4.15. The molecule has 162 valence electrons. The Morgan fingerprint density at radius 1 is 1.26 bits per heavy atom. The van der Waals surface area contributed by atoms with Crippen LogP contribution in [0.1, 0.15) is 49.2 Å². The monoisotopic (exact) mass is 420 g/mol. The fourth-order valence-electron chi connectivity index (χ4n) is 4.72. The van der Waals surface area contributed by atoms with Gasteiger partial charge in [0.1, 0.15) is 0 Å². The number of carbonyl (C=O) groups is 1. The molecular weight excluding hydrogens is 391 g/mol. The van der Waals surface area contributed by atoms with Crippen molar-refractivity contribution in [2.45, 2.75) is 38.8 Å². The van der Waals surface area contributed by atoms with Gasteiger partial charge in [-0.15, -0.1) is 0 Å². The number of hydrogen-bond acceptors (Lipinski definition) is 2. The van der Waals surface area contributed by atoms with E-state index in [2.05, 4.69) is 54.1 Å². The zero-order chi connectivity index (χ0) is 22.2. The number of aromatic amines is 1. The highest BCUT2D eigenvalue weighted by molar-refractivity contribution is 5.86. The van der Waals surface area contributed by atoms with Crippen molar-refractivity contribution in [1.82, 2.24) is 9.88 Å². The lowest BCUT2D eigenvalue weighted by Gasteiger charge is -2.48. The molecule has 2 aromatic carbocycles. The van der Waals surface area contributed by atoms with Gasteiger partial charge in [0.15, 0.2) is 0 Å². The minimum atomic E-state index is -0.966. The van der Waals surface area contributed by atoms with Crippen LogP contribution in [0.5, 0.6) is 0 Å². The van der Waals surface area contributed by atoms with Gasteiger partial charge in [-0.05, 0) is 55.0 Å². The second-order valence-corrected chi connectivity index (χ2v) is 9.20. The lowest BCUT2D eigenvalue weighted by molar-refractivity contribution is -0.131. The minimum absolute atomic E-state index is 0.0300. The van der Waals surface area contributed by atoms with Crippen LogP contribution >= 0.6 is 0 Å². The summed E-state index contributed by atoms with van der Waals surface area (Å²) in [7, 11) is 0. The standard InChI is InChI=1S/C26H29FN2O2/c1-17(15-27)16-29-25(19-11-8-18(9-12-19)10-13-23(30)31)24-21(14-26(29,2)3)20-6-4-5-7-22(20)28-24/h4-13,17,25,28H,14-16H2,1-3H3,(H,30,31)/b13-10+/t17-,25?/m1/s1. The summed E-state index contributed by atoms with van der Waals surface area (Å²) in [5.41, 5.74) is 5.41. The minimum Gasteiger partial charge on any atom is -0.478 e. The summed E-state index contributed by atoms with van der Waals surface area (Å²) in [6.45, 7) is 6.73. The van der Waals surface area contributed by atoms with Crippen LogP contribution in [-0.2, 0) is 11.2 Å². The maximum absolute atomic E-state index is 13.5. The van der Waals surface area contributed by atoms with E-state index in [-0.39, 0.29) is 24.2 Å². The molecule has 0 radical (unpaired) electrons.